The van der Waals surface area contributed by atoms with Gasteiger partial charge in [0.1, 0.15) is 5.75 Å². The molecule has 0 spiro atoms. The summed E-state index contributed by atoms with van der Waals surface area (Å²) in [6, 6.07) is 11.4. The molecule has 1 N–H and O–H groups in total. The normalized spacial score (nSPS) is 11.4. The Morgan fingerprint density at radius 1 is 0.826 bits per heavy atom. The number of hydrogen-bond acceptors (Lipinski definition) is 3. The Morgan fingerprint density at radius 2 is 1.61 bits per heavy atom. The molecule has 0 atom stereocenters. The highest BCUT2D eigenvalue weighted by atomic mass is 19.4. The minimum Gasteiger partial charge on any atom is -0.507 e. The summed E-state index contributed by atoms with van der Waals surface area (Å²) in [6.07, 6.45) is -1.44. The number of phenolic OH excluding ortho intramolecular Hbond substituents is 1. The maximum Gasteiger partial charge on any atom is 0.416 e. The van der Waals surface area contributed by atoms with Gasteiger partial charge in [-0.1, -0.05) is 18.2 Å². The Hall–Kier alpha value is -2.89. The Balaban J connectivity index is 2.09. The summed E-state index contributed by atoms with van der Waals surface area (Å²) in [6.45, 7) is 0. The fourth-order valence-electron chi connectivity index (χ4n) is 2.27. The number of alkyl halides is 3. The van der Waals surface area contributed by atoms with E-state index in [1.165, 1.54) is 24.5 Å². The van der Waals surface area contributed by atoms with Crippen molar-refractivity contribution in [3.05, 3.63) is 66.5 Å². The fourth-order valence-corrected chi connectivity index (χ4v) is 2.27. The van der Waals surface area contributed by atoms with Crippen LogP contribution < -0.4 is 0 Å². The van der Waals surface area contributed by atoms with Crippen LogP contribution in [0.3, 0.4) is 0 Å². The molecule has 0 saturated heterocycles. The molecule has 1 aromatic heterocycles. The van der Waals surface area contributed by atoms with Crippen molar-refractivity contribution < 1.29 is 18.3 Å². The molecule has 116 valence electrons. The molecular weight excluding hydrogens is 305 g/mol. The van der Waals surface area contributed by atoms with Crippen molar-refractivity contribution in [3.8, 4) is 28.0 Å². The van der Waals surface area contributed by atoms with E-state index in [4.69, 9.17) is 0 Å². The molecule has 23 heavy (non-hydrogen) atoms. The minimum absolute atomic E-state index is 0.0220. The second kappa shape index (κ2) is 5.72. The van der Waals surface area contributed by atoms with Crippen LogP contribution in [0.2, 0.25) is 0 Å². The summed E-state index contributed by atoms with van der Waals surface area (Å²) in [7, 11) is 0. The van der Waals surface area contributed by atoms with Crippen LogP contribution in [0.15, 0.2) is 60.9 Å². The monoisotopic (exact) mass is 316 g/mol. The average molecular weight is 316 g/mol. The van der Waals surface area contributed by atoms with Gasteiger partial charge >= 0.3 is 6.18 Å². The van der Waals surface area contributed by atoms with Gasteiger partial charge in [-0.25, -0.2) is 0 Å². The highest BCUT2D eigenvalue weighted by Gasteiger charge is 2.30. The van der Waals surface area contributed by atoms with Crippen LogP contribution in [0.25, 0.3) is 22.3 Å². The molecule has 3 rings (SSSR count). The van der Waals surface area contributed by atoms with Crippen molar-refractivity contribution in [2.45, 2.75) is 6.18 Å². The molecule has 0 aliphatic rings. The van der Waals surface area contributed by atoms with Gasteiger partial charge in [-0.15, -0.1) is 0 Å². The van der Waals surface area contributed by atoms with Gasteiger partial charge in [-0.05, 0) is 41.5 Å². The first-order chi connectivity index (χ1) is 10.9. The zero-order valence-electron chi connectivity index (χ0n) is 11.7. The van der Waals surface area contributed by atoms with E-state index in [-0.39, 0.29) is 5.75 Å². The van der Waals surface area contributed by atoms with Crippen LogP contribution in [0, 0.1) is 0 Å². The molecule has 0 unspecified atom stereocenters. The van der Waals surface area contributed by atoms with Crippen molar-refractivity contribution in [2.75, 3.05) is 0 Å². The van der Waals surface area contributed by atoms with E-state index >= 15 is 0 Å². The predicted molar refractivity (Wildman–Crippen MR) is 79.6 cm³/mol. The van der Waals surface area contributed by atoms with Gasteiger partial charge in [0.15, 0.2) is 0 Å². The number of aromatic nitrogens is 2. The Labute approximate surface area is 130 Å². The van der Waals surface area contributed by atoms with Crippen LogP contribution in [0.5, 0.6) is 5.75 Å². The molecule has 0 amide bonds. The quantitative estimate of drug-likeness (QED) is 0.755. The van der Waals surface area contributed by atoms with E-state index in [2.05, 4.69) is 10.2 Å². The van der Waals surface area contributed by atoms with Gasteiger partial charge in [-0.3, -0.25) is 0 Å². The zero-order chi connectivity index (χ0) is 16.4. The highest BCUT2D eigenvalue weighted by molar-refractivity contribution is 5.77. The van der Waals surface area contributed by atoms with Crippen LogP contribution in [0.4, 0.5) is 13.2 Å². The van der Waals surface area contributed by atoms with E-state index in [1.54, 1.807) is 24.3 Å². The Bertz CT molecular complexity index is 833. The zero-order valence-corrected chi connectivity index (χ0v) is 11.7. The number of nitrogens with zero attached hydrogens (tertiary/aromatic N) is 2. The molecule has 0 saturated carbocycles. The lowest BCUT2D eigenvalue weighted by molar-refractivity contribution is -0.137. The molecule has 1 heterocycles. The lowest BCUT2D eigenvalue weighted by atomic mass is 9.98. The van der Waals surface area contributed by atoms with Crippen LogP contribution >= 0.6 is 0 Å². The molecule has 2 aromatic carbocycles. The van der Waals surface area contributed by atoms with Crippen molar-refractivity contribution in [1.82, 2.24) is 10.2 Å². The van der Waals surface area contributed by atoms with Crippen LogP contribution in [0.1, 0.15) is 5.56 Å². The molecular formula is C17H11F3N2O. The standard InChI is InChI=1S/C17H11F3N2O/c18-17(19,20)14-3-1-2-11(8-14)12-4-5-16(23)15(9-12)13-6-7-21-22-10-13/h1-10,23H. The third-order valence-corrected chi connectivity index (χ3v) is 3.42. The van der Waals surface area contributed by atoms with E-state index in [0.29, 0.717) is 22.3 Å². The van der Waals surface area contributed by atoms with E-state index in [0.717, 1.165) is 12.1 Å². The predicted octanol–water partition coefficient (Wildman–Crippen LogP) is 4.54. The number of phenols is 1. The molecule has 0 radical (unpaired) electrons. The van der Waals surface area contributed by atoms with Gasteiger partial charge in [0.05, 0.1) is 18.0 Å². The van der Waals surface area contributed by atoms with E-state index in [1.807, 2.05) is 0 Å². The molecule has 3 nitrogen and oxygen atoms in total. The summed E-state index contributed by atoms with van der Waals surface area (Å²) in [4.78, 5) is 0. The Morgan fingerprint density at radius 3 is 2.30 bits per heavy atom. The largest absolute Gasteiger partial charge is 0.507 e. The number of aromatic hydroxyl groups is 1. The molecule has 6 heteroatoms. The third kappa shape index (κ3) is 3.15. The highest BCUT2D eigenvalue weighted by Crippen LogP contribution is 2.35. The minimum atomic E-state index is -4.40. The van der Waals surface area contributed by atoms with Crippen molar-refractivity contribution in [1.29, 1.82) is 0 Å². The van der Waals surface area contributed by atoms with Gasteiger partial charge in [-0.2, -0.15) is 23.4 Å². The molecule has 3 aromatic rings. The second-order valence-corrected chi connectivity index (χ2v) is 4.94. The number of halogens is 3. The first-order valence-electron chi connectivity index (χ1n) is 6.73. The lowest BCUT2D eigenvalue weighted by Gasteiger charge is -2.11. The summed E-state index contributed by atoms with van der Waals surface area (Å²) < 4.78 is 38.5. The van der Waals surface area contributed by atoms with Crippen molar-refractivity contribution in [3.63, 3.8) is 0 Å². The maximum absolute atomic E-state index is 12.8. The van der Waals surface area contributed by atoms with Crippen molar-refractivity contribution in [2.24, 2.45) is 0 Å². The molecule has 0 aliphatic heterocycles. The first-order valence-corrected chi connectivity index (χ1v) is 6.73. The maximum atomic E-state index is 12.8. The summed E-state index contributed by atoms with van der Waals surface area (Å²) in [5.74, 6) is 0.0220. The SMILES string of the molecule is Oc1ccc(-c2cccc(C(F)(F)F)c2)cc1-c1ccnnc1. The second-order valence-electron chi connectivity index (χ2n) is 4.94. The summed E-state index contributed by atoms with van der Waals surface area (Å²) >= 11 is 0. The van der Waals surface area contributed by atoms with Crippen LogP contribution in [-0.2, 0) is 6.18 Å². The van der Waals surface area contributed by atoms with Gasteiger partial charge in [0.2, 0.25) is 0 Å². The summed E-state index contributed by atoms with van der Waals surface area (Å²) in [5.41, 5.74) is 1.39. The average Bonchev–Trinajstić information content (AvgIpc) is 2.55. The van der Waals surface area contributed by atoms with Crippen LogP contribution in [-0.4, -0.2) is 15.3 Å². The number of benzene rings is 2. The first kappa shape index (κ1) is 15.0. The van der Waals surface area contributed by atoms with E-state index < -0.39 is 11.7 Å². The molecule has 0 aliphatic carbocycles. The summed E-state index contributed by atoms with van der Waals surface area (Å²) in [5, 5.41) is 17.4. The molecule has 0 bridgehead atoms. The third-order valence-electron chi connectivity index (χ3n) is 3.42. The van der Waals surface area contributed by atoms with Gasteiger partial charge in [0.25, 0.3) is 0 Å². The fraction of sp³-hybridized carbons (Fsp3) is 0.0588. The molecule has 0 fully saturated rings. The van der Waals surface area contributed by atoms with Gasteiger partial charge < -0.3 is 5.11 Å². The number of hydrogen-bond donors (Lipinski definition) is 1. The topological polar surface area (TPSA) is 46.0 Å². The van der Waals surface area contributed by atoms with Gasteiger partial charge in [0, 0.05) is 11.1 Å². The van der Waals surface area contributed by atoms with Crippen molar-refractivity contribution >= 4 is 0 Å². The number of rotatable bonds is 2. The lowest BCUT2D eigenvalue weighted by Crippen LogP contribution is -2.04. The van der Waals surface area contributed by atoms with E-state index in [9.17, 15) is 18.3 Å². The smallest absolute Gasteiger partial charge is 0.416 e. The Kier molecular flexibility index (Phi) is 3.73.